The zero-order chi connectivity index (χ0) is 11.0. The van der Waals surface area contributed by atoms with Crippen molar-refractivity contribution in [3.05, 3.63) is 34.0 Å². The van der Waals surface area contributed by atoms with E-state index in [0.717, 1.165) is 15.4 Å². The van der Waals surface area contributed by atoms with Crippen LogP contribution in [0.1, 0.15) is 23.0 Å². The van der Waals surface area contributed by atoms with Gasteiger partial charge < -0.3 is 9.52 Å². The molecule has 1 aromatic carbocycles. The highest BCUT2D eigenvalue weighted by atomic mass is 79.9. The average Bonchev–Trinajstić information content (AvgIpc) is 2.55. The molecule has 15 heavy (non-hydrogen) atoms. The van der Waals surface area contributed by atoms with E-state index in [1.165, 1.54) is 0 Å². The molecule has 4 heteroatoms. The molecule has 0 saturated carbocycles. The number of hydrogen-bond acceptors (Lipinski definition) is 2. The van der Waals surface area contributed by atoms with Gasteiger partial charge in [-0.3, -0.25) is 0 Å². The molecule has 0 aliphatic rings. The van der Waals surface area contributed by atoms with Gasteiger partial charge in [0.15, 0.2) is 0 Å². The Morgan fingerprint density at radius 2 is 2.27 bits per heavy atom. The van der Waals surface area contributed by atoms with Crippen LogP contribution in [0, 0.1) is 0 Å². The summed E-state index contributed by atoms with van der Waals surface area (Å²) in [4.78, 5) is 10.9. The van der Waals surface area contributed by atoms with Gasteiger partial charge in [-0.25, -0.2) is 4.79 Å². The molecular weight excluding hydrogens is 260 g/mol. The smallest absolute Gasteiger partial charge is 0.372 e. The third kappa shape index (κ3) is 1.65. The lowest BCUT2D eigenvalue weighted by Crippen LogP contribution is -1.97. The zero-order valence-corrected chi connectivity index (χ0v) is 9.67. The maximum absolute atomic E-state index is 10.9. The van der Waals surface area contributed by atoms with Crippen LogP contribution in [0.25, 0.3) is 11.0 Å². The quantitative estimate of drug-likeness (QED) is 0.908. The molecule has 0 saturated heterocycles. The van der Waals surface area contributed by atoms with Gasteiger partial charge in [-0.1, -0.05) is 22.9 Å². The fourth-order valence-corrected chi connectivity index (χ4v) is 1.99. The lowest BCUT2D eigenvalue weighted by Gasteiger charge is -1.93. The Morgan fingerprint density at radius 1 is 1.53 bits per heavy atom. The van der Waals surface area contributed by atoms with Crippen molar-refractivity contribution < 1.29 is 14.3 Å². The summed E-state index contributed by atoms with van der Waals surface area (Å²) in [6, 6.07) is 5.53. The van der Waals surface area contributed by atoms with E-state index in [1.54, 1.807) is 6.07 Å². The maximum atomic E-state index is 10.9. The van der Waals surface area contributed by atoms with Crippen molar-refractivity contribution >= 4 is 32.9 Å². The second-order valence-electron chi connectivity index (χ2n) is 3.21. The number of aromatic carboxylic acids is 1. The number of halogens is 1. The molecule has 0 amide bonds. The number of carbonyl (C=O) groups is 1. The SMILES string of the molecule is CCc1c(C(=O)O)oc2cc(Br)ccc12. The van der Waals surface area contributed by atoms with Crippen molar-refractivity contribution in [2.75, 3.05) is 0 Å². The van der Waals surface area contributed by atoms with Gasteiger partial charge in [0.1, 0.15) is 5.58 Å². The van der Waals surface area contributed by atoms with Gasteiger partial charge in [0.2, 0.25) is 5.76 Å². The van der Waals surface area contributed by atoms with Crippen LogP contribution in [-0.2, 0) is 6.42 Å². The van der Waals surface area contributed by atoms with Gasteiger partial charge in [-0.2, -0.15) is 0 Å². The maximum Gasteiger partial charge on any atom is 0.372 e. The van der Waals surface area contributed by atoms with E-state index >= 15 is 0 Å². The Kier molecular flexibility index (Phi) is 2.52. The highest BCUT2D eigenvalue weighted by molar-refractivity contribution is 9.10. The number of fused-ring (bicyclic) bond motifs is 1. The molecule has 2 aromatic rings. The first kappa shape index (κ1) is 10.2. The summed E-state index contributed by atoms with van der Waals surface area (Å²) in [6.07, 6.45) is 0.649. The molecule has 2 rings (SSSR count). The minimum Gasteiger partial charge on any atom is -0.475 e. The minimum absolute atomic E-state index is 0.0469. The molecule has 1 N–H and O–H groups in total. The van der Waals surface area contributed by atoms with Crippen LogP contribution < -0.4 is 0 Å². The molecule has 0 unspecified atom stereocenters. The largest absolute Gasteiger partial charge is 0.475 e. The number of hydrogen-bond donors (Lipinski definition) is 1. The Hall–Kier alpha value is -1.29. The summed E-state index contributed by atoms with van der Waals surface area (Å²) in [7, 11) is 0. The van der Waals surface area contributed by atoms with Crippen LogP contribution in [0.15, 0.2) is 27.1 Å². The summed E-state index contributed by atoms with van der Waals surface area (Å²) < 4.78 is 6.18. The summed E-state index contributed by atoms with van der Waals surface area (Å²) in [6.45, 7) is 1.92. The van der Waals surface area contributed by atoms with Gasteiger partial charge in [-0.15, -0.1) is 0 Å². The molecule has 0 aliphatic heterocycles. The normalized spacial score (nSPS) is 10.8. The first-order valence-electron chi connectivity index (χ1n) is 4.57. The van der Waals surface area contributed by atoms with Crippen molar-refractivity contribution in [1.29, 1.82) is 0 Å². The Labute approximate surface area is 94.8 Å². The van der Waals surface area contributed by atoms with Crippen molar-refractivity contribution in [2.24, 2.45) is 0 Å². The topological polar surface area (TPSA) is 50.4 Å². The third-order valence-corrected chi connectivity index (χ3v) is 2.80. The molecule has 1 aromatic heterocycles. The molecule has 0 aliphatic carbocycles. The first-order chi connectivity index (χ1) is 7.13. The molecule has 0 spiro atoms. The summed E-state index contributed by atoms with van der Waals surface area (Å²) in [5.74, 6) is -0.968. The zero-order valence-electron chi connectivity index (χ0n) is 8.08. The molecule has 0 bridgehead atoms. The van der Waals surface area contributed by atoms with Crippen LogP contribution in [0.5, 0.6) is 0 Å². The van der Waals surface area contributed by atoms with Crippen LogP contribution >= 0.6 is 15.9 Å². The van der Waals surface area contributed by atoms with Gasteiger partial charge in [0.25, 0.3) is 0 Å². The Bertz CT molecular complexity index is 528. The molecule has 0 fully saturated rings. The molecule has 78 valence electrons. The van der Waals surface area contributed by atoms with Crippen LogP contribution in [-0.4, -0.2) is 11.1 Å². The second kappa shape index (κ2) is 3.70. The predicted octanol–water partition coefficient (Wildman–Crippen LogP) is 3.46. The number of carboxylic acids is 1. The third-order valence-electron chi connectivity index (χ3n) is 2.30. The van der Waals surface area contributed by atoms with Gasteiger partial charge in [-0.05, 0) is 24.6 Å². The van der Waals surface area contributed by atoms with E-state index in [4.69, 9.17) is 9.52 Å². The van der Waals surface area contributed by atoms with Crippen molar-refractivity contribution in [3.63, 3.8) is 0 Å². The van der Waals surface area contributed by atoms with E-state index in [2.05, 4.69) is 15.9 Å². The van der Waals surface area contributed by atoms with Crippen molar-refractivity contribution in [1.82, 2.24) is 0 Å². The molecule has 3 nitrogen and oxygen atoms in total. The van der Waals surface area contributed by atoms with Gasteiger partial charge in [0, 0.05) is 15.4 Å². The van der Waals surface area contributed by atoms with Gasteiger partial charge >= 0.3 is 5.97 Å². The predicted molar refractivity (Wildman–Crippen MR) is 60.3 cm³/mol. The summed E-state index contributed by atoms with van der Waals surface area (Å²) in [5, 5.41) is 9.83. The fourth-order valence-electron chi connectivity index (χ4n) is 1.65. The van der Waals surface area contributed by atoms with Crippen molar-refractivity contribution in [3.8, 4) is 0 Å². The monoisotopic (exact) mass is 268 g/mol. The number of rotatable bonds is 2. The van der Waals surface area contributed by atoms with E-state index in [-0.39, 0.29) is 5.76 Å². The first-order valence-corrected chi connectivity index (χ1v) is 5.37. The lowest BCUT2D eigenvalue weighted by molar-refractivity contribution is 0.0663. The van der Waals surface area contributed by atoms with Crippen LogP contribution in [0.2, 0.25) is 0 Å². The number of aryl methyl sites for hydroxylation is 1. The highest BCUT2D eigenvalue weighted by Crippen LogP contribution is 2.28. The molecule has 0 radical (unpaired) electrons. The lowest BCUT2D eigenvalue weighted by atomic mass is 10.1. The number of furan rings is 1. The van der Waals surface area contributed by atoms with E-state index < -0.39 is 5.97 Å². The number of benzene rings is 1. The van der Waals surface area contributed by atoms with Gasteiger partial charge in [0.05, 0.1) is 0 Å². The van der Waals surface area contributed by atoms with Crippen LogP contribution in [0.4, 0.5) is 0 Å². The highest BCUT2D eigenvalue weighted by Gasteiger charge is 2.18. The Morgan fingerprint density at radius 3 is 2.87 bits per heavy atom. The second-order valence-corrected chi connectivity index (χ2v) is 4.12. The van der Waals surface area contributed by atoms with Crippen LogP contribution in [0.3, 0.4) is 0 Å². The summed E-state index contributed by atoms with van der Waals surface area (Å²) >= 11 is 3.32. The molecule has 1 heterocycles. The number of carboxylic acid groups (broad SMARTS) is 1. The standard InChI is InChI=1S/C11H9BrO3/c1-2-7-8-4-3-6(12)5-9(8)15-10(7)11(13)14/h3-5H,2H2,1H3,(H,13,14). The van der Waals surface area contributed by atoms with E-state index in [0.29, 0.717) is 12.0 Å². The fraction of sp³-hybridized carbons (Fsp3) is 0.182. The van der Waals surface area contributed by atoms with E-state index in [1.807, 2.05) is 19.1 Å². The summed E-state index contributed by atoms with van der Waals surface area (Å²) in [5.41, 5.74) is 1.36. The molecular formula is C11H9BrO3. The van der Waals surface area contributed by atoms with Crippen molar-refractivity contribution in [2.45, 2.75) is 13.3 Å². The molecule has 0 atom stereocenters. The Balaban J connectivity index is 2.78. The average molecular weight is 269 g/mol. The minimum atomic E-state index is -1.01. The van der Waals surface area contributed by atoms with E-state index in [9.17, 15) is 4.79 Å².